The number of nitrogens with two attached hydrogens (primary N) is 1. The van der Waals surface area contributed by atoms with Crippen LogP contribution in [0.5, 0.6) is 0 Å². The Morgan fingerprint density at radius 2 is 2.12 bits per heavy atom. The van der Waals surface area contributed by atoms with Crippen molar-refractivity contribution in [2.75, 3.05) is 14.1 Å². The van der Waals surface area contributed by atoms with E-state index < -0.39 is 0 Å². The van der Waals surface area contributed by atoms with Crippen molar-refractivity contribution in [3.8, 4) is 0 Å². The van der Waals surface area contributed by atoms with Crippen molar-refractivity contribution < 1.29 is 4.79 Å². The highest BCUT2D eigenvalue weighted by Crippen LogP contribution is 2.42. The molecule has 0 saturated heterocycles. The molecule has 0 bridgehead atoms. The molecule has 2 rings (SSSR count). The number of benzene rings is 1. The summed E-state index contributed by atoms with van der Waals surface area (Å²) in [5.74, 6) is 0.171. The van der Waals surface area contributed by atoms with Crippen molar-refractivity contribution >= 4 is 5.91 Å². The maximum atomic E-state index is 11.5. The van der Waals surface area contributed by atoms with Crippen molar-refractivity contribution in [2.45, 2.75) is 31.2 Å². The van der Waals surface area contributed by atoms with Gasteiger partial charge in [0.2, 0.25) is 5.91 Å². The normalized spacial score (nSPS) is 16.6. The fourth-order valence-corrected chi connectivity index (χ4v) is 1.93. The summed E-state index contributed by atoms with van der Waals surface area (Å²) >= 11 is 0. The SMILES string of the molecule is CN(C)C(=O)CCc1cccc(C2(N)CC2)c1. The number of nitrogens with zero attached hydrogens (tertiary/aromatic N) is 1. The average Bonchev–Trinajstić information content (AvgIpc) is 3.06. The molecule has 1 fully saturated rings. The number of carbonyl (C=O) groups is 1. The Hall–Kier alpha value is -1.35. The highest BCUT2D eigenvalue weighted by molar-refractivity contribution is 5.75. The highest BCUT2D eigenvalue weighted by atomic mass is 16.2. The number of aryl methyl sites for hydroxylation is 1. The van der Waals surface area contributed by atoms with E-state index in [4.69, 9.17) is 5.73 Å². The Balaban J connectivity index is 2.00. The van der Waals surface area contributed by atoms with Gasteiger partial charge in [-0.2, -0.15) is 0 Å². The molecule has 17 heavy (non-hydrogen) atoms. The zero-order valence-electron chi connectivity index (χ0n) is 10.6. The zero-order valence-corrected chi connectivity index (χ0v) is 10.6. The van der Waals surface area contributed by atoms with Crippen molar-refractivity contribution in [1.29, 1.82) is 0 Å². The van der Waals surface area contributed by atoms with Crippen LogP contribution in [-0.2, 0) is 16.8 Å². The molecule has 3 nitrogen and oxygen atoms in total. The smallest absolute Gasteiger partial charge is 0.222 e. The molecule has 0 heterocycles. The van der Waals surface area contributed by atoms with Gasteiger partial charge >= 0.3 is 0 Å². The van der Waals surface area contributed by atoms with E-state index in [1.807, 2.05) is 6.07 Å². The molecule has 1 aliphatic carbocycles. The maximum Gasteiger partial charge on any atom is 0.222 e. The average molecular weight is 232 g/mol. The number of amides is 1. The molecule has 0 aliphatic heterocycles. The number of rotatable bonds is 4. The van der Waals surface area contributed by atoms with E-state index in [1.54, 1.807) is 19.0 Å². The molecular formula is C14H20N2O. The van der Waals surface area contributed by atoms with Crippen LogP contribution < -0.4 is 5.73 Å². The van der Waals surface area contributed by atoms with Crippen LogP contribution in [0.25, 0.3) is 0 Å². The van der Waals surface area contributed by atoms with Gasteiger partial charge in [-0.25, -0.2) is 0 Å². The third-order valence-electron chi connectivity index (χ3n) is 3.42. The topological polar surface area (TPSA) is 46.3 Å². The molecule has 3 heteroatoms. The summed E-state index contributed by atoms with van der Waals surface area (Å²) < 4.78 is 0. The second kappa shape index (κ2) is 4.49. The highest BCUT2D eigenvalue weighted by Gasteiger charge is 2.39. The van der Waals surface area contributed by atoms with Gasteiger partial charge in [-0.15, -0.1) is 0 Å². The molecule has 1 aromatic carbocycles. The van der Waals surface area contributed by atoms with Crippen molar-refractivity contribution in [3.63, 3.8) is 0 Å². The van der Waals surface area contributed by atoms with Crippen LogP contribution >= 0.6 is 0 Å². The van der Waals surface area contributed by atoms with Crippen molar-refractivity contribution in [2.24, 2.45) is 5.73 Å². The second-order valence-electron chi connectivity index (χ2n) is 5.14. The molecule has 1 saturated carbocycles. The monoisotopic (exact) mass is 232 g/mol. The lowest BCUT2D eigenvalue weighted by molar-refractivity contribution is -0.128. The Labute approximate surface area is 103 Å². The summed E-state index contributed by atoms with van der Waals surface area (Å²) in [6.07, 6.45) is 3.51. The van der Waals surface area contributed by atoms with Gasteiger partial charge in [0, 0.05) is 26.1 Å². The molecule has 0 radical (unpaired) electrons. The van der Waals surface area contributed by atoms with Crippen LogP contribution in [0.2, 0.25) is 0 Å². The van der Waals surface area contributed by atoms with Crippen LogP contribution in [0.3, 0.4) is 0 Å². The molecule has 0 unspecified atom stereocenters. The minimum absolute atomic E-state index is 0.0818. The number of hydrogen-bond donors (Lipinski definition) is 1. The van der Waals surface area contributed by atoms with E-state index >= 15 is 0 Å². The van der Waals surface area contributed by atoms with Crippen LogP contribution in [-0.4, -0.2) is 24.9 Å². The van der Waals surface area contributed by atoms with Gasteiger partial charge in [-0.3, -0.25) is 4.79 Å². The van der Waals surface area contributed by atoms with Gasteiger partial charge in [0.05, 0.1) is 0 Å². The maximum absolute atomic E-state index is 11.5. The van der Waals surface area contributed by atoms with E-state index in [2.05, 4.69) is 18.2 Å². The molecular weight excluding hydrogens is 212 g/mol. The second-order valence-corrected chi connectivity index (χ2v) is 5.14. The Morgan fingerprint density at radius 1 is 1.41 bits per heavy atom. The summed E-state index contributed by atoms with van der Waals surface area (Å²) in [7, 11) is 3.58. The fraction of sp³-hybridized carbons (Fsp3) is 0.500. The van der Waals surface area contributed by atoms with E-state index in [0.29, 0.717) is 6.42 Å². The quantitative estimate of drug-likeness (QED) is 0.858. The van der Waals surface area contributed by atoms with E-state index in [0.717, 1.165) is 19.3 Å². The van der Waals surface area contributed by atoms with Gasteiger partial charge in [0.15, 0.2) is 0 Å². The predicted molar refractivity (Wildman–Crippen MR) is 68.6 cm³/mol. The Bertz CT molecular complexity index is 422. The van der Waals surface area contributed by atoms with Gasteiger partial charge < -0.3 is 10.6 Å². The molecule has 2 N–H and O–H groups in total. The molecule has 0 spiro atoms. The minimum atomic E-state index is -0.0818. The van der Waals surface area contributed by atoms with E-state index in [1.165, 1.54) is 11.1 Å². The Kier molecular flexibility index (Phi) is 3.20. The van der Waals surface area contributed by atoms with E-state index in [-0.39, 0.29) is 11.4 Å². The molecule has 0 aromatic heterocycles. The van der Waals surface area contributed by atoms with Crippen LogP contribution in [0.1, 0.15) is 30.4 Å². The first-order valence-electron chi connectivity index (χ1n) is 6.10. The standard InChI is InChI=1S/C14H20N2O/c1-16(2)13(17)7-6-11-4-3-5-12(10-11)14(15)8-9-14/h3-5,10H,6-9,15H2,1-2H3. The van der Waals surface area contributed by atoms with Gasteiger partial charge in [-0.1, -0.05) is 24.3 Å². The molecule has 0 atom stereocenters. The van der Waals surface area contributed by atoms with Crippen molar-refractivity contribution in [3.05, 3.63) is 35.4 Å². The predicted octanol–water partition coefficient (Wildman–Crippen LogP) is 1.66. The summed E-state index contributed by atoms with van der Waals surface area (Å²) in [6, 6.07) is 8.34. The Morgan fingerprint density at radius 3 is 2.71 bits per heavy atom. The van der Waals surface area contributed by atoms with Gasteiger partial charge in [0.1, 0.15) is 0 Å². The van der Waals surface area contributed by atoms with Gasteiger partial charge in [-0.05, 0) is 30.4 Å². The molecule has 92 valence electrons. The molecule has 1 aromatic rings. The number of hydrogen-bond acceptors (Lipinski definition) is 2. The largest absolute Gasteiger partial charge is 0.349 e. The molecule has 1 aliphatic rings. The van der Waals surface area contributed by atoms with E-state index in [9.17, 15) is 4.79 Å². The third kappa shape index (κ3) is 2.86. The minimum Gasteiger partial charge on any atom is -0.349 e. The lowest BCUT2D eigenvalue weighted by Gasteiger charge is -2.12. The lowest BCUT2D eigenvalue weighted by atomic mass is 10.0. The first-order valence-corrected chi connectivity index (χ1v) is 6.10. The van der Waals surface area contributed by atoms with Crippen molar-refractivity contribution in [1.82, 2.24) is 4.90 Å². The zero-order chi connectivity index (χ0) is 12.5. The van der Waals surface area contributed by atoms with Gasteiger partial charge in [0.25, 0.3) is 0 Å². The number of carbonyl (C=O) groups excluding carboxylic acids is 1. The summed E-state index contributed by atoms with van der Waals surface area (Å²) in [5.41, 5.74) is 8.50. The van der Waals surface area contributed by atoms with Crippen LogP contribution in [0.4, 0.5) is 0 Å². The first kappa shape index (κ1) is 12.1. The third-order valence-corrected chi connectivity index (χ3v) is 3.42. The van der Waals surface area contributed by atoms with Crippen LogP contribution in [0, 0.1) is 0 Å². The molecule has 1 amide bonds. The summed E-state index contributed by atoms with van der Waals surface area (Å²) in [5, 5.41) is 0. The summed E-state index contributed by atoms with van der Waals surface area (Å²) in [6.45, 7) is 0. The fourth-order valence-electron chi connectivity index (χ4n) is 1.93. The lowest BCUT2D eigenvalue weighted by Crippen LogP contribution is -2.22. The first-order chi connectivity index (χ1) is 8.01. The van der Waals surface area contributed by atoms with Crippen LogP contribution in [0.15, 0.2) is 24.3 Å². The summed E-state index contributed by atoms with van der Waals surface area (Å²) in [4.78, 5) is 13.1.